The molecule has 0 aliphatic rings. The molecule has 0 saturated heterocycles. The first-order chi connectivity index (χ1) is 9.22. The molecule has 96 valence electrons. The van der Waals surface area contributed by atoms with Gasteiger partial charge >= 0.3 is 0 Å². The minimum Gasteiger partial charge on any atom is -0.416 e. The standard InChI is InChI=1S/C13H10ClN3OS/c1-8-16-17-13(18-8)19-7-10-6-9-4-2-3-5-11(9)15-12(10)14/h2-6H,7H2,1H3. The second kappa shape index (κ2) is 5.19. The lowest BCUT2D eigenvalue weighted by Crippen LogP contribution is -1.88. The molecule has 0 aliphatic carbocycles. The highest BCUT2D eigenvalue weighted by atomic mass is 35.5. The summed E-state index contributed by atoms with van der Waals surface area (Å²) in [4.78, 5) is 4.38. The highest BCUT2D eigenvalue weighted by molar-refractivity contribution is 7.98. The number of rotatable bonds is 3. The summed E-state index contributed by atoms with van der Waals surface area (Å²) in [5.74, 6) is 1.21. The second-order valence-corrected chi connectivity index (χ2v) is 5.29. The number of nitrogens with zero attached hydrogens (tertiary/aromatic N) is 3. The molecule has 0 atom stereocenters. The molecule has 19 heavy (non-hydrogen) atoms. The average molecular weight is 292 g/mol. The van der Waals surface area contributed by atoms with Gasteiger partial charge in [0, 0.05) is 23.6 Å². The van der Waals surface area contributed by atoms with Crippen molar-refractivity contribution < 1.29 is 4.42 Å². The van der Waals surface area contributed by atoms with E-state index in [1.807, 2.05) is 30.3 Å². The third-order valence-corrected chi connectivity index (χ3v) is 3.80. The Hall–Kier alpha value is -1.59. The van der Waals surface area contributed by atoms with Crippen LogP contribution in [0.2, 0.25) is 5.15 Å². The summed E-state index contributed by atoms with van der Waals surface area (Å²) in [5, 5.41) is 9.85. The molecule has 0 aliphatic heterocycles. The Balaban J connectivity index is 1.86. The normalized spacial score (nSPS) is 11.1. The van der Waals surface area contributed by atoms with Gasteiger partial charge in [0.25, 0.3) is 5.22 Å². The van der Waals surface area contributed by atoms with Crippen molar-refractivity contribution in [3.05, 3.63) is 46.9 Å². The van der Waals surface area contributed by atoms with Gasteiger partial charge < -0.3 is 4.42 Å². The van der Waals surface area contributed by atoms with Crippen LogP contribution in [0.15, 0.2) is 40.0 Å². The molecule has 0 bridgehead atoms. The van der Waals surface area contributed by atoms with Gasteiger partial charge in [-0.15, -0.1) is 10.2 Å². The van der Waals surface area contributed by atoms with Crippen LogP contribution in [0, 0.1) is 6.92 Å². The Labute approximate surface area is 119 Å². The summed E-state index contributed by atoms with van der Waals surface area (Å²) in [5.41, 5.74) is 1.86. The third kappa shape index (κ3) is 2.72. The summed E-state index contributed by atoms with van der Waals surface area (Å²) in [7, 11) is 0. The first-order valence-electron chi connectivity index (χ1n) is 5.69. The smallest absolute Gasteiger partial charge is 0.276 e. The van der Waals surface area contributed by atoms with E-state index in [2.05, 4.69) is 15.2 Å². The van der Waals surface area contributed by atoms with Gasteiger partial charge in [-0.2, -0.15) is 0 Å². The van der Waals surface area contributed by atoms with Crippen LogP contribution < -0.4 is 0 Å². The van der Waals surface area contributed by atoms with Crippen molar-refractivity contribution in [1.82, 2.24) is 15.2 Å². The molecule has 0 saturated carbocycles. The summed E-state index contributed by atoms with van der Waals surface area (Å²) in [6.45, 7) is 1.77. The van der Waals surface area contributed by atoms with Gasteiger partial charge in [-0.25, -0.2) is 4.98 Å². The molecule has 0 spiro atoms. The predicted octanol–water partition coefficient (Wildman–Crippen LogP) is 3.87. The fraction of sp³-hybridized carbons (Fsp3) is 0.154. The summed E-state index contributed by atoms with van der Waals surface area (Å²) < 4.78 is 5.31. The second-order valence-electron chi connectivity index (χ2n) is 4.01. The maximum atomic E-state index is 6.18. The zero-order chi connectivity index (χ0) is 13.2. The Morgan fingerprint density at radius 1 is 1.26 bits per heavy atom. The number of halogens is 1. The van der Waals surface area contributed by atoms with Crippen LogP contribution in [0.3, 0.4) is 0 Å². The van der Waals surface area contributed by atoms with Crippen molar-refractivity contribution in [1.29, 1.82) is 0 Å². The first kappa shape index (κ1) is 12.4. The monoisotopic (exact) mass is 291 g/mol. The molecule has 0 radical (unpaired) electrons. The number of thioether (sulfide) groups is 1. The number of hydrogen-bond acceptors (Lipinski definition) is 5. The van der Waals surface area contributed by atoms with Crippen LogP contribution in [0.4, 0.5) is 0 Å². The minimum atomic E-state index is 0.516. The lowest BCUT2D eigenvalue weighted by molar-refractivity contribution is 0.429. The molecule has 6 heteroatoms. The number of benzene rings is 1. The lowest BCUT2D eigenvalue weighted by atomic mass is 10.2. The van der Waals surface area contributed by atoms with E-state index in [0.29, 0.717) is 22.0 Å². The van der Waals surface area contributed by atoms with Crippen molar-refractivity contribution in [3.8, 4) is 0 Å². The molecular formula is C13H10ClN3OS. The Kier molecular flexibility index (Phi) is 3.40. The van der Waals surface area contributed by atoms with E-state index in [1.165, 1.54) is 11.8 Å². The van der Waals surface area contributed by atoms with Crippen molar-refractivity contribution >= 4 is 34.3 Å². The van der Waals surface area contributed by atoms with E-state index in [4.69, 9.17) is 16.0 Å². The predicted molar refractivity (Wildman–Crippen MR) is 75.3 cm³/mol. The van der Waals surface area contributed by atoms with Crippen LogP contribution in [-0.2, 0) is 5.75 Å². The number of aromatic nitrogens is 3. The minimum absolute atomic E-state index is 0.516. The molecule has 3 rings (SSSR count). The van der Waals surface area contributed by atoms with Gasteiger partial charge in [0.05, 0.1) is 5.52 Å². The number of para-hydroxylation sites is 1. The Morgan fingerprint density at radius 3 is 2.89 bits per heavy atom. The van der Waals surface area contributed by atoms with E-state index in [0.717, 1.165) is 16.5 Å². The van der Waals surface area contributed by atoms with Crippen molar-refractivity contribution in [3.63, 3.8) is 0 Å². The fourth-order valence-corrected chi connectivity index (χ4v) is 2.78. The van der Waals surface area contributed by atoms with E-state index >= 15 is 0 Å². The summed E-state index contributed by atoms with van der Waals surface area (Å²) in [6, 6.07) is 9.93. The highest BCUT2D eigenvalue weighted by Gasteiger charge is 2.08. The molecule has 2 aromatic heterocycles. The molecule has 4 nitrogen and oxygen atoms in total. The highest BCUT2D eigenvalue weighted by Crippen LogP contribution is 2.27. The lowest BCUT2D eigenvalue weighted by Gasteiger charge is -2.04. The molecule has 0 N–H and O–H groups in total. The fourth-order valence-electron chi connectivity index (χ4n) is 1.71. The number of fused-ring (bicyclic) bond motifs is 1. The maximum absolute atomic E-state index is 6.18. The van der Waals surface area contributed by atoms with E-state index < -0.39 is 0 Å². The average Bonchev–Trinajstić information content (AvgIpc) is 2.82. The van der Waals surface area contributed by atoms with Crippen LogP contribution >= 0.6 is 23.4 Å². The number of pyridine rings is 1. The maximum Gasteiger partial charge on any atom is 0.276 e. The van der Waals surface area contributed by atoms with Crippen LogP contribution in [0.1, 0.15) is 11.5 Å². The van der Waals surface area contributed by atoms with Crippen molar-refractivity contribution in [2.45, 2.75) is 17.9 Å². The van der Waals surface area contributed by atoms with Gasteiger partial charge in [-0.3, -0.25) is 0 Å². The quantitative estimate of drug-likeness (QED) is 0.541. The summed E-state index contributed by atoms with van der Waals surface area (Å²) in [6.07, 6.45) is 0. The Morgan fingerprint density at radius 2 is 2.11 bits per heavy atom. The number of hydrogen-bond donors (Lipinski definition) is 0. The SMILES string of the molecule is Cc1nnc(SCc2cc3ccccc3nc2Cl)o1. The third-order valence-electron chi connectivity index (χ3n) is 2.61. The molecule has 1 aromatic carbocycles. The molecule has 0 fully saturated rings. The van der Waals surface area contributed by atoms with E-state index in [9.17, 15) is 0 Å². The van der Waals surface area contributed by atoms with Gasteiger partial charge in [-0.1, -0.05) is 41.6 Å². The van der Waals surface area contributed by atoms with Crippen LogP contribution in [0.25, 0.3) is 10.9 Å². The zero-order valence-corrected chi connectivity index (χ0v) is 11.7. The van der Waals surface area contributed by atoms with Gasteiger partial charge in [-0.05, 0) is 12.1 Å². The molecule has 2 heterocycles. The van der Waals surface area contributed by atoms with Gasteiger partial charge in [0.1, 0.15) is 5.15 Å². The first-order valence-corrected chi connectivity index (χ1v) is 7.06. The molecule has 0 unspecified atom stereocenters. The Bertz CT molecular complexity index is 729. The zero-order valence-electron chi connectivity index (χ0n) is 10.1. The number of aryl methyl sites for hydroxylation is 1. The largest absolute Gasteiger partial charge is 0.416 e. The topological polar surface area (TPSA) is 51.8 Å². The van der Waals surface area contributed by atoms with E-state index in [1.54, 1.807) is 6.92 Å². The van der Waals surface area contributed by atoms with Crippen LogP contribution in [0.5, 0.6) is 0 Å². The summed E-state index contributed by atoms with van der Waals surface area (Å²) >= 11 is 7.64. The molecule has 0 amide bonds. The van der Waals surface area contributed by atoms with Crippen molar-refractivity contribution in [2.75, 3.05) is 0 Å². The molecular weight excluding hydrogens is 282 g/mol. The molecule has 3 aromatic rings. The van der Waals surface area contributed by atoms with Gasteiger partial charge in [0.15, 0.2) is 0 Å². The van der Waals surface area contributed by atoms with E-state index in [-0.39, 0.29) is 0 Å². The van der Waals surface area contributed by atoms with Crippen LogP contribution in [-0.4, -0.2) is 15.2 Å². The van der Waals surface area contributed by atoms with Crippen molar-refractivity contribution in [2.24, 2.45) is 0 Å². The van der Waals surface area contributed by atoms with Gasteiger partial charge in [0.2, 0.25) is 5.89 Å².